The van der Waals surface area contributed by atoms with Crippen LogP contribution in [-0.4, -0.2) is 47.7 Å². The highest BCUT2D eigenvalue weighted by molar-refractivity contribution is 7.17. The summed E-state index contributed by atoms with van der Waals surface area (Å²) < 4.78 is 5.90. The highest BCUT2D eigenvalue weighted by atomic mass is 35.5. The molecule has 0 aromatic carbocycles. The number of rotatable bonds is 5. The summed E-state index contributed by atoms with van der Waals surface area (Å²) in [5.74, 6) is -1.31. The van der Waals surface area contributed by atoms with Gasteiger partial charge in [-0.05, 0) is 31.1 Å². The quantitative estimate of drug-likeness (QED) is 0.843. The number of hydrogen-bond donors (Lipinski definition) is 1. The van der Waals surface area contributed by atoms with Crippen molar-refractivity contribution in [1.29, 1.82) is 0 Å². The Kier molecular flexibility index (Phi) is 5.78. The molecule has 0 aliphatic carbocycles. The summed E-state index contributed by atoms with van der Waals surface area (Å²) in [7, 11) is 0. The lowest BCUT2D eigenvalue weighted by atomic mass is 10.1. The summed E-state index contributed by atoms with van der Waals surface area (Å²) >= 11 is 7.19. The van der Waals surface area contributed by atoms with E-state index in [0.717, 1.165) is 4.88 Å². The molecule has 0 bridgehead atoms. The zero-order chi connectivity index (χ0) is 15.2. The van der Waals surface area contributed by atoms with E-state index in [2.05, 4.69) is 0 Å². The van der Waals surface area contributed by atoms with Crippen LogP contribution in [0.5, 0.6) is 0 Å². The molecule has 0 unspecified atom stereocenters. The van der Waals surface area contributed by atoms with Gasteiger partial charge in [-0.25, -0.2) is 0 Å². The predicted octanol–water partition coefficient (Wildman–Crippen LogP) is 2.51. The molecule has 1 amide bonds. The Balaban J connectivity index is 2.05. The zero-order valence-corrected chi connectivity index (χ0v) is 12.9. The van der Waals surface area contributed by atoms with E-state index >= 15 is 0 Å². The average molecular weight is 330 g/mol. The second-order valence-corrected chi connectivity index (χ2v) is 6.43. The van der Waals surface area contributed by atoms with Crippen molar-refractivity contribution in [3.63, 3.8) is 0 Å². The minimum atomic E-state index is -1.01. The van der Waals surface area contributed by atoms with Gasteiger partial charge in [0.05, 0.1) is 4.34 Å². The van der Waals surface area contributed by atoms with E-state index in [4.69, 9.17) is 21.4 Å². The number of amides is 1. The third-order valence-electron chi connectivity index (χ3n) is 3.20. The van der Waals surface area contributed by atoms with Gasteiger partial charge in [0.2, 0.25) is 5.91 Å². The van der Waals surface area contributed by atoms with Crippen molar-refractivity contribution < 1.29 is 19.4 Å². The van der Waals surface area contributed by atoms with E-state index < -0.39 is 5.97 Å². The largest absolute Gasteiger partial charge is 0.480 e. The smallest absolute Gasteiger partial charge is 0.323 e. The molecule has 21 heavy (non-hydrogen) atoms. The number of ether oxygens (including phenoxy) is 1. The van der Waals surface area contributed by atoms with Gasteiger partial charge in [0.25, 0.3) is 0 Å². The van der Waals surface area contributed by atoms with Crippen LogP contribution in [0.15, 0.2) is 18.2 Å². The van der Waals surface area contributed by atoms with Crippen LogP contribution in [0.3, 0.4) is 0 Å². The summed E-state index contributed by atoms with van der Waals surface area (Å²) in [6.45, 7) is 0.815. The van der Waals surface area contributed by atoms with Crippen LogP contribution in [-0.2, 0) is 14.3 Å². The average Bonchev–Trinajstić information content (AvgIpc) is 2.88. The predicted molar refractivity (Wildman–Crippen MR) is 81.6 cm³/mol. The third kappa shape index (κ3) is 4.84. The Morgan fingerprint density at radius 3 is 2.71 bits per heavy atom. The Labute approximate surface area is 131 Å². The van der Waals surface area contributed by atoms with Crippen molar-refractivity contribution in [3.05, 3.63) is 27.4 Å². The molecule has 1 fully saturated rings. The fourth-order valence-electron chi connectivity index (χ4n) is 2.20. The number of nitrogens with zero attached hydrogens (tertiary/aromatic N) is 1. The molecule has 2 rings (SSSR count). The number of halogens is 1. The zero-order valence-electron chi connectivity index (χ0n) is 11.3. The topological polar surface area (TPSA) is 66.8 Å². The maximum Gasteiger partial charge on any atom is 0.323 e. The second kappa shape index (κ2) is 7.59. The monoisotopic (exact) mass is 329 g/mol. The SMILES string of the molecule is O=C(O)CN(C(=O)C=Cc1ccc(Cl)s1)C1CCOCC1. The molecule has 7 heteroatoms. The molecule has 5 nitrogen and oxygen atoms in total. The van der Waals surface area contributed by atoms with Gasteiger partial charge in [-0.3, -0.25) is 9.59 Å². The molecule has 1 aromatic rings. The van der Waals surface area contributed by atoms with Crippen molar-refractivity contribution in [1.82, 2.24) is 4.90 Å². The van der Waals surface area contributed by atoms with Crippen molar-refractivity contribution in [2.75, 3.05) is 19.8 Å². The van der Waals surface area contributed by atoms with Crippen molar-refractivity contribution >= 4 is 40.9 Å². The lowest BCUT2D eigenvalue weighted by Crippen LogP contribution is -2.45. The molecule has 0 saturated carbocycles. The van der Waals surface area contributed by atoms with Crippen LogP contribution in [0.4, 0.5) is 0 Å². The van der Waals surface area contributed by atoms with E-state index in [9.17, 15) is 9.59 Å². The molecule has 0 atom stereocenters. The summed E-state index contributed by atoms with van der Waals surface area (Å²) in [6.07, 6.45) is 4.39. The van der Waals surface area contributed by atoms with Gasteiger partial charge < -0.3 is 14.7 Å². The maximum atomic E-state index is 12.3. The van der Waals surface area contributed by atoms with Gasteiger partial charge >= 0.3 is 5.97 Å². The number of hydrogen-bond acceptors (Lipinski definition) is 4. The Morgan fingerprint density at radius 2 is 2.14 bits per heavy atom. The van der Waals surface area contributed by atoms with E-state index in [1.54, 1.807) is 12.1 Å². The summed E-state index contributed by atoms with van der Waals surface area (Å²) in [5, 5.41) is 8.99. The van der Waals surface area contributed by atoms with E-state index in [0.29, 0.717) is 30.4 Å². The fourth-order valence-corrected chi connectivity index (χ4v) is 3.16. The molecule has 114 valence electrons. The molecule has 1 aliphatic heterocycles. The number of carbonyl (C=O) groups excluding carboxylic acids is 1. The van der Waals surface area contributed by atoms with Gasteiger partial charge in [-0.2, -0.15) is 0 Å². The normalized spacial score (nSPS) is 16.2. The number of carboxylic acid groups (broad SMARTS) is 1. The molecule has 1 aliphatic rings. The number of thiophene rings is 1. The summed E-state index contributed by atoms with van der Waals surface area (Å²) in [6, 6.07) is 3.48. The van der Waals surface area contributed by atoms with Crippen LogP contribution < -0.4 is 0 Å². The Morgan fingerprint density at radius 1 is 1.43 bits per heavy atom. The number of aliphatic carboxylic acids is 1. The van der Waals surface area contributed by atoms with Crippen LogP contribution >= 0.6 is 22.9 Å². The minimum absolute atomic E-state index is 0.0843. The summed E-state index contributed by atoms with van der Waals surface area (Å²) in [5.41, 5.74) is 0. The number of carboxylic acids is 1. The molecule has 1 N–H and O–H groups in total. The Bertz CT molecular complexity index is 537. The van der Waals surface area contributed by atoms with Gasteiger partial charge in [0.1, 0.15) is 6.54 Å². The standard InChI is InChI=1S/C14H16ClNO4S/c15-12-3-1-11(21-12)2-4-13(17)16(9-14(18)19)10-5-7-20-8-6-10/h1-4,10H,5-9H2,(H,18,19). The highest BCUT2D eigenvalue weighted by Gasteiger charge is 2.26. The van der Waals surface area contributed by atoms with E-state index in [1.165, 1.54) is 22.3 Å². The van der Waals surface area contributed by atoms with E-state index in [1.807, 2.05) is 6.07 Å². The molecule has 0 radical (unpaired) electrons. The molecule has 0 spiro atoms. The van der Waals surface area contributed by atoms with Crippen LogP contribution in [0, 0.1) is 0 Å². The highest BCUT2D eigenvalue weighted by Crippen LogP contribution is 2.22. The first kappa shape index (κ1) is 16.0. The second-order valence-electron chi connectivity index (χ2n) is 4.68. The lowest BCUT2D eigenvalue weighted by molar-refractivity contribution is -0.145. The van der Waals surface area contributed by atoms with Gasteiger partial charge in [-0.1, -0.05) is 11.6 Å². The third-order valence-corrected chi connectivity index (χ3v) is 4.40. The molecule has 1 saturated heterocycles. The van der Waals surface area contributed by atoms with Crippen molar-refractivity contribution in [3.8, 4) is 0 Å². The molecule has 1 aromatic heterocycles. The van der Waals surface area contributed by atoms with Gasteiger partial charge in [0.15, 0.2) is 0 Å². The van der Waals surface area contributed by atoms with E-state index in [-0.39, 0.29) is 18.5 Å². The first-order valence-corrected chi connectivity index (χ1v) is 7.79. The minimum Gasteiger partial charge on any atom is -0.480 e. The Hall–Kier alpha value is -1.37. The van der Waals surface area contributed by atoms with Crippen LogP contribution in [0.1, 0.15) is 17.7 Å². The van der Waals surface area contributed by atoms with Crippen molar-refractivity contribution in [2.24, 2.45) is 0 Å². The van der Waals surface area contributed by atoms with Crippen molar-refractivity contribution in [2.45, 2.75) is 18.9 Å². The number of carbonyl (C=O) groups is 2. The van der Waals surface area contributed by atoms with Crippen LogP contribution in [0.2, 0.25) is 4.34 Å². The first-order valence-electron chi connectivity index (χ1n) is 6.60. The van der Waals surface area contributed by atoms with Crippen LogP contribution in [0.25, 0.3) is 6.08 Å². The fraction of sp³-hybridized carbons (Fsp3) is 0.429. The molecular formula is C14H16ClNO4S. The van der Waals surface area contributed by atoms with Gasteiger partial charge in [0, 0.05) is 30.2 Å². The molecule has 2 heterocycles. The first-order chi connectivity index (χ1) is 10.1. The van der Waals surface area contributed by atoms with Gasteiger partial charge in [-0.15, -0.1) is 11.3 Å². The summed E-state index contributed by atoms with van der Waals surface area (Å²) in [4.78, 5) is 25.5. The maximum absolute atomic E-state index is 12.3. The molecular weight excluding hydrogens is 314 g/mol. The lowest BCUT2D eigenvalue weighted by Gasteiger charge is -2.32.